The summed E-state index contributed by atoms with van der Waals surface area (Å²) < 4.78 is 10.2. The van der Waals surface area contributed by atoms with Crippen molar-refractivity contribution >= 4 is 18.0 Å². The lowest BCUT2D eigenvalue weighted by Gasteiger charge is -2.25. The van der Waals surface area contributed by atoms with Crippen molar-refractivity contribution in [2.45, 2.75) is 84.3 Å². The van der Waals surface area contributed by atoms with Gasteiger partial charge in [0.1, 0.15) is 0 Å². The maximum absolute atomic E-state index is 12.5. The van der Waals surface area contributed by atoms with Gasteiger partial charge in [0.2, 0.25) is 6.79 Å². The van der Waals surface area contributed by atoms with Crippen molar-refractivity contribution in [1.29, 1.82) is 0 Å². The van der Waals surface area contributed by atoms with E-state index >= 15 is 0 Å². The van der Waals surface area contributed by atoms with Crippen molar-refractivity contribution in [1.82, 2.24) is 0 Å². The summed E-state index contributed by atoms with van der Waals surface area (Å²) in [7, 11) is 0. The van der Waals surface area contributed by atoms with E-state index in [4.69, 9.17) is 9.47 Å². The lowest BCUT2D eigenvalue weighted by Crippen LogP contribution is -2.24. The summed E-state index contributed by atoms with van der Waals surface area (Å²) in [4.78, 5) is 24.3. The van der Waals surface area contributed by atoms with Gasteiger partial charge in [-0.25, -0.2) is 4.79 Å². The second-order valence-corrected chi connectivity index (χ2v) is 12.0. The average Bonchev–Trinajstić information content (AvgIpc) is 3.40. The molecule has 3 aliphatic rings. The first-order valence-electron chi connectivity index (χ1n) is 13.8. The third-order valence-electron chi connectivity index (χ3n) is 8.32. The molecule has 0 radical (unpaired) electrons. The zero-order chi connectivity index (χ0) is 26.6. The van der Waals surface area contributed by atoms with Crippen LogP contribution in [0.15, 0.2) is 42.0 Å². The molecule has 4 rings (SSSR count). The van der Waals surface area contributed by atoms with Crippen LogP contribution in [0.4, 0.5) is 0 Å². The summed E-state index contributed by atoms with van der Waals surface area (Å²) in [6, 6.07) is 7.25. The van der Waals surface area contributed by atoms with Crippen LogP contribution in [-0.2, 0) is 14.3 Å². The van der Waals surface area contributed by atoms with E-state index in [1.54, 1.807) is 32.9 Å². The summed E-state index contributed by atoms with van der Waals surface area (Å²) in [5.41, 5.74) is 1.96. The summed E-state index contributed by atoms with van der Waals surface area (Å²) in [6.45, 7) is 4.81. The standard InChI is InChI=1S/C31H42O6/c1-31(2,3)30(35)37-19-36-29(34)23-11-7-8-20(17-23)16-22-12-13-24-25(28(33)18-26(22)24)14-15-27(32)21-9-5-4-6-10-21/h7-8,11,14-17,21,24-28,32-33H,4-6,9-10,12-13,18-19H2,1-3H3/b15-14+,22-16?/t24-,25+,26-,27+,28+/m0/s1. The summed E-state index contributed by atoms with van der Waals surface area (Å²) in [6.07, 6.45) is 13.9. The Morgan fingerprint density at radius 2 is 1.86 bits per heavy atom. The Balaban J connectivity index is 1.36. The van der Waals surface area contributed by atoms with Gasteiger partial charge in [0.25, 0.3) is 0 Å². The monoisotopic (exact) mass is 510 g/mol. The number of aliphatic hydroxyl groups excluding tert-OH is 2. The normalized spacial score (nSPS) is 28.4. The maximum Gasteiger partial charge on any atom is 0.341 e. The van der Waals surface area contributed by atoms with Gasteiger partial charge < -0.3 is 19.7 Å². The third-order valence-corrected chi connectivity index (χ3v) is 8.32. The Labute approximate surface area is 220 Å². The van der Waals surface area contributed by atoms with Gasteiger partial charge in [-0.05, 0) is 88.3 Å². The van der Waals surface area contributed by atoms with Crippen molar-refractivity contribution in [3.63, 3.8) is 0 Å². The van der Waals surface area contributed by atoms with Crippen molar-refractivity contribution < 1.29 is 29.3 Å². The molecule has 6 heteroatoms. The van der Waals surface area contributed by atoms with Gasteiger partial charge in [-0.3, -0.25) is 4.79 Å². The highest BCUT2D eigenvalue weighted by molar-refractivity contribution is 5.90. The van der Waals surface area contributed by atoms with Crippen LogP contribution in [0, 0.1) is 29.1 Å². The fourth-order valence-electron chi connectivity index (χ4n) is 6.22. The van der Waals surface area contributed by atoms with Gasteiger partial charge in [0.05, 0.1) is 23.2 Å². The maximum atomic E-state index is 12.5. The molecular weight excluding hydrogens is 468 g/mol. The Morgan fingerprint density at radius 1 is 1.11 bits per heavy atom. The van der Waals surface area contributed by atoms with E-state index in [1.807, 2.05) is 18.2 Å². The van der Waals surface area contributed by atoms with Gasteiger partial charge in [0, 0.05) is 5.92 Å². The number of esters is 2. The summed E-state index contributed by atoms with van der Waals surface area (Å²) in [5, 5.41) is 21.5. The van der Waals surface area contributed by atoms with E-state index in [2.05, 4.69) is 12.2 Å². The second-order valence-electron chi connectivity index (χ2n) is 12.0. The minimum atomic E-state index is -0.657. The van der Waals surface area contributed by atoms with E-state index in [9.17, 15) is 19.8 Å². The predicted octanol–water partition coefficient (Wildman–Crippen LogP) is 5.68. The molecule has 202 valence electrons. The lowest BCUT2D eigenvalue weighted by molar-refractivity contribution is -0.161. The summed E-state index contributed by atoms with van der Waals surface area (Å²) >= 11 is 0. The van der Waals surface area contributed by atoms with Crippen LogP contribution in [-0.4, -0.2) is 41.2 Å². The SMILES string of the molecule is CC(C)(C)C(=O)OCOC(=O)c1cccc(C=C2CC[C@H]3[C@@H](/C=C/[C@@H](O)C4CCCCC4)[C@H](O)C[C@@H]23)c1. The number of benzene rings is 1. The highest BCUT2D eigenvalue weighted by Crippen LogP contribution is 2.51. The average molecular weight is 511 g/mol. The van der Waals surface area contributed by atoms with Gasteiger partial charge in [0.15, 0.2) is 0 Å². The Morgan fingerprint density at radius 3 is 2.59 bits per heavy atom. The molecule has 6 nitrogen and oxygen atoms in total. The number of rotatable bonds is 7. The quantitative estimate of drug-likeness (QED) is 0.279. The van der Waals surface area contributed by atoms with E-state index in [-0.39, 0.29) is 5.92 Å². The zero-order valence-electron chi connectivity index (χ0n) is 22.4. The van der Waals surface area contributed by atoms with Crippen molar-refractivity contribution in [3.05, 3.63) is 53.1 Å². The van der Waals surface area contributed by atoms with Crippen molar-refractivity contribution in [2.24, 2.45) is 29.1 Å². The molecule has 0 unspecified atom stereocenters. The van der Waals surface area contributed by atoms with Crippen LogP contribution in [0.2, 0.25) is 0 Å². The number of aliphatic hydroxyl groups is 2. The Hall–Kier alpha value is -2.44. The van der Waals surface area contributed by atoms with Crippen LogP contribution >= 0.6 is 0 Å². The molecule has 0 spiro atoms. The molecule has 3 saturated carbocycles. The number of hydrogen-bond acceptors (Lipinski definition) is 6. The van der Waals surface area contributed by atoms with Crippen molar-refractivity contribution in [2.75, 3.05) is 6.79 Å². The fraction of sp³-hybridized carbons (Fsp3) is 0.613. The van der Waals surface area contributed by atoms with E-state index in [0.717, 1.165) is 37.7 Å². The first-order valence-corrected chi connectivity index (χ1v) is 13.8. The van der Waals surface area contributed by atoms with Crippen LogP contribution in [0.25, 0.3) is 6.08 Å². The zero-order valence-corrected chi connectivity index (χ0v) is 22.4. The highest BCUT2D eigenvalue weighted by atomic mass is 16.7. The molecule has 0 saturated heterocycles. The molecule has 5 atom stereocenters. The van der Waals surface area contributed by atoms with Gasteiger partial charge >= 0.3 is 11.9 Å². The van der Waals surface area contributed by atoms with Crippen LogP contribution in [0.1, 0.15) is 88.1 Å². The van der Waals surface area contributed by atoms with Gasteiger partial charge in [-0.15, -0.1) is 0 Å². The number of ether oxygens (including phenoxy) is 2. The van der Waals surface area contributed by atoms with Gasteiger partial charge in [-0.1, -0.05) is 55.2 Å². The van der Waals surface area contributed by atoms with Gasteiger partial charge in [-0.2, -0.15) is 0 Å². The van der Waals surface area contributed by atoms with E-state index in [1.165, 1.54) is 24.8 Å². The molecule has 3 aliphatic carbocycles. The number of carbonyl (C=O) groups excluding carboxylic acids is 2. The largest absolute Gasteiger partial charge is 0.427 e. The van der Waals surface area contributed by atoms with Crippen LogP contribution in [0.5, 0.6) is 0 Å². The topological polar surface area (TPSA) is 93.1 Å². The molecule has 0 aromatic heterocycles. The van der Waals surface area contributed by atoms with Crippen LogP contribution in [0.3, 0.4) is 0 Å². The molecule has 0 bridgehead atoms. The van der Waals surface area contributed by atoms with E-state index < -0.39 is 36.4 Å². The van der Waals surface area contributed by atoms with Crippen LogP contribution < -0.4 is 0 Å². The first kappa shape index (κ1) is 27.6. The Kier molecular flexibility index (Phi) is 8.91. The predicted molar refractivity (Wildman–Crippen MR) is 142 cm³/mol. The molecule has 0 heterocycles. The number of allylic oxidation sites excluding steroid dienone is 1. The molecule has 1 aromatic carbocycles. The molecule has 0 amide bonds. The fourth-order valence-corrected chi connectivity index (χ4v) is 6.22. The minimum absolute atomic E-state index is 0.0752. The molecule has 0 aliphatic heterocycles. The smallest absolute Gasteiger partial charge is 0.341 e. The molecule has 1 aromatic rings. The molecule has 3 fully saturated rings. The first-order chi connectivity index (χ1) is 17.6. The molecular formula is C31H42O6. The molecule has 37 heavy (non-hydrogen) atoms. The lowest BCUT2D eigenvalue weighted by atomic mass is 9.84. The Bertz CT molecular complexity index is 1010. The van der Waals surface area contributed by atoms with Crippen molar-refractivity contribution in [3.8, 4) is 0 Å². The molecule has 2 N–H and O–H groups in total. The summed E-state index contributed by atoms with van der Waals surface area (Å²) in [5.74, 6) is 0.147. The number of carbonyl (C=O) groups is 2. The minimum Gasteiger partial charge on any atom is -0.427 e. The van der Waals surface area contributed by atoms with E-state index in [0.29, 0.717) is 23.3 Å². The number of hydrogen-bond donors (Lipinski definition) is 2. The highest BCUT2D eigenvalue weighted by Gasteiger charge is 2.45. The number of fused-ring (bicyclic) bond motifs is 1. The second kappa shape index (κ2) is 12.0. The third kappa shape index (κ3) is 6.91.